The lowest BCUT2D eigenvalue weighted by Crippen LogP contribution is -2.11. The summed E-state index contributed by atoms with van der Waals surface area (Å²) in [7, 11) is 0. The Hall–Kier alpha value is -1.36. The van der Waals surface area contributed by atoms with Gasteiger partial charge in [0, 0.05) is 21.0 Å². The van der Waals surface area contributed by atoms with Gasteiger partial charge in [0.25, 0.3) is 0 Å². The van der Waals surface area contributed by atoms with Crippen molar-refractivity contribution < 1.29 is 4.79 Å². The Kier molecular flexibility index (Phi) is 4.24. The fraction of sp³-hybridized carbons (Fsp3) is 0. The molecule has 0 heterocycles. The van der Waals surface area contributed by atoms with Crippen LogP contribution in [0.4, 0.5) is 5.69 Å². The molecule has 0 aromatic heterocycles. The van der Waals surface area contributed by atoms with Gasteiger partial charge in [0.15, 0.2) is 0 Å². The Morgan fingerprint density at radius 2 is 1.79 bits per heavy atom. The number of benzene rings is 2. The number of carbonyl (C=O) groups is 1. The highest BCUT2D eigenvalue weighted by Crippen LogP contribution is 2.35. The molecule has 0 spiro atoms. The molecule has 0 aliphatic rings. The van der Waals surface area contributed by atoms with E-state index in [4.69, 9.17) is 34.7 Å². The summed E-state index contributed by atoms with van der Waals surface area (Å²) in [5.41, 5.74) is 12.1. The summed E-state index contributed by atoms with van der Waals surface area (Å²) in [6.45, 7) is 0. The third-order valence-corrected chi connectivity index (χ3v) is 4.22. The molecule has 4 N–H and O–H groups in total. The smallest absolute Gasteiger partial charge is 0.248 e. The second kappa shape index (κ2) is 5.74. The highest BCUT2D eigenvalue weighted by molar-refractivity contribution is 7.99. The van der Waals surface area contributed by atoms with Gasteiger partial charge in [-0.15, -0.1) is 0 Å². The maximum absolute atomic E-state index is 11.1. The molecule has 98 valence electrons. The SMILES string of the molecule is NC(=O)c1ccc(N)c(Sc2ccc(Cl)c(Cl)c2)c1. The predicted molar refractivity (Wildman–Crippen MR) is 80.0 cm³/mol. The van der Waals surface area contributed by atoms with Gasteiger partial charge in [-0.1, -0.05) is 35.0 Å². The van der Waals surface area contributed by atoms with Crippen LogP contribution in [0.2, 0.25) is 10.0 Å². The monoisotopic (exact) mass is 312 g/mol. The van der Waals surface area contributed by atoms with Gasteiger partial charge in [0.2, 0.25) is 5.91 Å². The maximum atomic E-state index is 11.1. The molecule has 0 fully saturated rings. The molecule has 0 bridgehead atoms. The van der Waals surface area contributed by atoms with Crippen molar-refractivity contribution in [3.63, 3.8) is 0 Å². The van der Waals surface area contributed by atoms with Gasteiger partial charge < -0.3 is 11.5 Å². The molecule has 0 aliphatic heterocycles. The molecule has 0 aliphatic carbocycles. The van der Waals surface area contributed by atoms with Crippen molar-refractivity contribution in [2.24, 2.45) is 5.73 Å². The van der Waals surface area contributed by atoms with Crippen LogP contribution in [0.1, 0.15) is 10.4 Å². The lowest BCUT2D eigenvalue weighted by Gasteiger charge is -2.07. The van der Waals surface area contributed by atoms with E-state index in [0.29, 0.717) is 21.3 Å². The topological polar surface area (TPSA) is 69.1 Å². The van der Waals surface area contributed by atoms with E-state index in [-0.39, 0.29) is 0 Å². The van der Waals surface area contributed by atoms with E-state index in [1.54, 1.807) is 30.3 Å². The van der Waals surface area contributed by atoms with Crippen LogP contribution in [-0.4, -0.2) is 5.91 Å². The van der Waals surface area contributed by atoms with Gasteiger partial charge in [0.05, 0.1) is 10.0 Å². The standard InChI is InChI=1S/C13H10Cl2N2OS/c14-9-3-2-8(6-10(9)15)19-12-5-7(13(17)18)1-4-11(12)16/h1-6H,16H2,(H2,17,18). The molecule has 0 radical (unpaired) electrons. The summed E-state index contributed by atoms with van der Waals surface area (Å²) >= 11 is 13.2. The number of halogens is 2. The highest BCUT2D eigenvalue weighted by Gasteiger charge is 2.08. The molecule has 0 unspecified atom stereocenters. The molecule has 19 heavy (non-hydrogen) atoms. The highest BCUT2D eigenvalue weighted by atomic mass is 35.5. The van der Waals surface area contributed by atoms with Gasteiger partial charge >= 0.3 is 0 Å². The molecular weight excluding hydrogens is 303 g/mol. The zero-order chi connectivity index (χ0) is 14.0. The van der Waals surface area contributed by atoms with Crippen LogP contribution < -0.4 is 11.5 Å². The number of nitrogen functional groups attached to an aromatic ring is 1. The van der Waals surface area contributed by atoms with Crippen molar-refractivity contribution in [1.82, 2.24) is 0 Å². The molecule has 2 aromatic carbocycles. The first kappa shape index (κ1) is 14.1. The van der Waals surface area contributed by atoms with Crippen molar-refractivity contribution in [2.75, 3.05) is 5.73 Å². The van der Waals surface area contributed by atoms with Crippen molar-refractivity contribution >= 4 is 46.6 Å². The second-order valence-electron chi connectivity index (χ2n) is 3.79. The quantitative estimate of drug-likeness (QED) is 0.846. The molecule has 2 rings (SSSR count). The average Bonchev–Trinajstić information content (AvgIpc) is 2.36. The minimum atomic E-state index is -0.490. The number of nitrogens with two attached hydrogens (primary N) is 2. The zero-order valence-electron chi connectivity index (χ0n) is 9.69. The summed E-state index contributed by atoms with van der Waals surface area (Å²) in [5, 5.41) is 0.959. The van der Waals surface area contributed by atoms with Gasteiger partial charge in [0.1, 0.15) is 0 Å². The number of hydrogen-bond acceptors (Lipinski definition) is 3. The Morgan fingerprint density at radius 3 is 2.42 bits per heavy atom. The number of anilines is 1. The first-order chi connectivity index (χ1) is 8.97. The molecule has 6 heteroatoms. The largest absolute Gasteiger partial charge is 0.398 e. The fourth-order valence-corrected chi connectivity index (χ4v) is 2.74. The number of amides is 1. The fourth-order valence-electron chi connectivity index (χ4n) is 1.44. The van der Waals surface area contributed by atoms with E-state index in [9.17, 15) is 4.79 Å². The second-order valence-corrected chi connectivity index (χ2v) is 5.72. The van der Waals surface area contributed by atoms with E-state index in [2.05, 4.69) is 0 Å². The lowest BCUT2D eigenvalue weighted by atomic mass is 10.2. The van der Waals surface area contributed by atoms with Crippen LogP contribution in [0.15, 0.2) is 46.2 Å². The summed E-state index contributed by atoms with van der Waals surface area (Å²) in [5.74, 6) is -0.490. The molecule has 0 atom stereocenters. The minimum absolute atomic E-state index is 0.414. The summed E-state index contributed by atoms with van der Waals surface area (Å²) < 4.78 is 0. The van der Waals surface area contributed by atoms with E-state index >= 15 is 0 Å². The van der Waals surface area contributed by atoms with Crippen LogP contribution in [0.5, 0.6) is 0 Å². The van der Waals surface area contributed by atoms with Crippen molar-refractivity contribution in [3.05, 3.63) is 52.0 Å². The first-order valence-electron chi connectivity index (χ1n) is 5.29. The number of rotatable bonds is 3. The summed E-state index contributed by atoms with van der Waals surface area (Å²) in [6, 6.07) is 10.2. The predicted octanol–water partition coefficient (Wildman–Crippen LogP) is 3.83. The number of carbonyl (C=O) groups excluding carboxylic acids is 1. The van der Waals surface area contributed by atoms with Crippen LogP contribution in [-0.2, 0) is 0 Å². The normalized spacial score (nSPS) is 10.4. The van der Waals surface area contributed by atoms with Crippen molar-refractivity contribution in [2.45, 2.75) is 9.79 Å². The molecular formula is C13H10Cl2N2OS. The lowest BCUT2D eigenvalue weighted by molar-refractivity contribution is 0.1000. The Labute approximate surface area is 124 Å². The molecule has 0 saturated heterocycles. The molecule has 3 nitrogen and oxygen atoms in total. The minimum Gasteiger partial charge on any atom is -0.398 e. The Morgan fingerprint density at radius 1 is 1.05 bits per heavy atom. The third kappa shape index (κ3) is 3.35. The van der Waals surface area contributed by atoms with Gasteiger partial charge in [-0.2, -0.15) is 0 Å². The van der Waals surface area contributed by atoms with E-state index in [0.717, 1.165) is 9.79 Å². The Bertz CT molecular complexity index is 647. The average molecular weight is 313 g/mol. The molecule has 1 amide bonds. The summed E-state index contributed by atoms with van der Waals surface area (Å²) in [6.07, 6.45) is 0. The summed E-state index contributed by atoms with van der Waals surface area (Å²) in [4.78, 5) is 12.8. The zero-order valence-corrected chi connectivity index (χ0v) is 12.0. The van der Waals surface area contributed by atoms with E-state index in [1.807, 2.05) is 6.07 Å². The number of primary amides is 1. The molecule has 2 aromatic rings. The van der Waals surface area contributed by atoms with E-state index in [1.165, 1.54) is 11.8 Å². The van der Waals surface area contributed by atoms with Crippen molar-refractivity contribution in [1.29, 1.82) is 0 Å². The maximum Gasteiger partial charge on any atom is 0.248 e. The van der Waals surface area contributed by atoms with Crippen molar-refractivity contribution in [3.8, 4) is 0 Å². The first-order valence-corrected chi connectivity index (χ1v) is 6.87. The van der Waals surface area contributed by atoms with Crippen LogP contribution in [0, 0.1) is 0 Å². The molecule has 0 saturated carbocycles. The number of hydrogen-bond donors (Lipinski definition) is 2. The van der Waals surface area contributed by atoms with Crippen LogP contribution in [0.3, 0.4) is 0 Å². The van der Waals surface area contributed by atoms with Crippen LogP contribution in [0.25, 0.3) is 0 Å². The Balaban J connectivity index is 2.34. The van der Waals surface area contributed by atoms with Gasteiger partial charge in [-0.25, -0.2) is 0 Å². The van der Waals surface area contributed by atoms with Gasteiger partial charge in [-0.05, 0) is 36.4 Å². The van der Waals surface area contributed by atoms with E-state index < -0.39 is 5.91 Å². The third-order valence-electron chi connectivity index (χ3n) is 2.42. The van der Waals surface area contributed by atoms with Gasteiger partial charge in [-0.3, -0.25) is 4.79 Å². The van der Waals surface area contributed by atoms with Crippen LogP contribution >= 0.6 is 35.0 Å².